The predicted octanol–water partition coefficient (Wildman–Crippen LogP) is 1.23. The van der Waals surface area contributed by atoms with Crippen LogP contribution in [0.1, 0.15) is 32.6 Å². The summed E-state index contributed by atoms with van der Waals surface area (Å²) in [5.41, 5.74) is -0.170. The highest BCUT2D eigenvalue weighted by Crippen LogP contribution is 2.54. The topological polar surface area (TPSA) is 40.5 Å². The third kappa shape index (κ3) is 1.06. The van der Waals surface area contributed by atoms with Gasteiger partial charge in [0.05, 0.1) is 6.10 Å². The molecule has 14 heavy (non-hydrogen) atoms. The summed E-state index contributed by atoms with van der Waals surface area (Å²) in [6.45, 7) is 2.01. The number of fused-ring (bicyclic) bond motifs is 1. The summed E-state index contributed by atoms with van der Waals surface area (Å²) >= 11 is 0. The molecule has 2 aliphatic carbocycles. The highest BCUT2D eigenvalue weighted by atomic mass is 16.3. The summed E-state index contributed by atoms with van der Waals surface area (Å²) in [6.07, 6.45) is 9.84. The van der Waals surface area contributed by atoms with Crippen LogP contribution in [0.25, 0.3) is 0 Å². The molecule has 0 bridgehead atoms. The lowest BCUT2D eigenvalue weighted by Crippen LogP contribution is -2.43. The van der Waals surface area contributed by atoms with Crippen LogP contribution in [0.5, 0.6) is 0 Å². The van der Waals surface area contributed by atoms with Gasteiger partial charge in [0.25, 0.3) is 0 Å². The second-order valence-corrected chi connectivity index (χ2v) is 4.63. The summed E-state index contributed by atoms with van der Waals surface area (Å²) in [6, 6.07) is 0. The SMILES string of the molecule is C#C[C@@]1(O)CCC2=C[C@H](O)CC[C@]21C. The van der Waals surface area contributed by atoms with Crippen molar-refractivity contribution in [1.82, 2.24) is 0 Å². The van der Waals surface area contributed by atoms with Gasteiger partial charge in [0.15, 0.2) is 0 Å². The van der Waals surface area contributed by atoms with Crippen LogP contribution in [0.2, 0.25) is 0 Å². The van der Waals surface area contributed by atoms with Gasteiger partial charge in [0.1, 0.15) is 5.60 Å². The van der Waals surface area contributed by atoms with Gasteiger partial charge in [0.2, 0.25) is 0 Å². The Morgan fingerprint density at radius 1 is 1.57 bits per heavy atom. The first-order valence-electron chi connectivity index (χ1n) is 5.11. The summed E-state index contributed by atoms with van der Waals surface area (Å²) in [4.78, 5) is 0. The van der Waals surface area contributed by atoms with Gasteiger partial charge in [-0.1, -0.05) is 24.5 Å². The molecule has 0 amide bonds. The van der Waals surface area contributed by atoms with Crippen molar-refractivity contribution >= 4 is 0 Å². The van der Waals surface area contributed by atoms with Crippen molar-refractivity contribution in [2.75, 3.05) is 0 Å². The molecule has 0 radical (unpaired) electrons. The molecule has 2 heteroatoms. The zero-order valence-electron chi connectivity index (χ0n) is 8.45. The Morgan fingerprint density at radius 2 is 2.29 bits per heavy atom. The highest BCUT2D eigenvalue weighted by Gasteiger charge is 2.53. The minimum absolute atomic E-state index is 0.305. The highest BCUT2D eigenvalue weighted by molar-refractivity contribution is 5.35. The van der Waals surface area contributed by atoms with Crippen molar-refractivity contribution in [2.45, 2.75) is 44.3 Å². The van der Waals surface area contributed by atoms with Crippen molar-refractivity contribution in [3.8, 4) is 12.3 Å². The van der Waals surface area contributed by atoms with Gasteiger partial charge in [-0.2, -0.15) is 0 Å². The van der Waals surface area contributed by atoms with Crippen molar-refractivity contribution in [2.24, 2.45) is 5.41 Å². The van der Waals surface area contributed by atoms with E-state index in [0.717, 1.165) is 18.4 Å². The fourth-order valence-corrected chi connectivity index (χ4v) is 2.75. The number of aliphatic hydroxyl groups is 2. The van der Waals surface area contributed by atoms with E-state index in [-0.39, 0.29) is 11.5 Å². The van der Waals surface area contributed by atoms with Gasteiger partial charge in [0, 0.05) is 5.41 Å². The zero-order valence-corrected chi connectivity index (χ0v) is 8.45. The molecule has 0 aromatic heterocycles. The maximum Gasteiger partial charge on any atom is 0.134 e. The average molecular weight is 192 g/mol. The van der Waals surface area contributed by atoms with Crippen molar-refractivity contribution in [1.29, 1.82) is 0 Å². The molecule has 1 fully saturated rings. The first-order valence-corrected chi connectivity index (χ1v) is 5.11. The summed E-state index contributed by atoms with van der Waals surface area (Å²) in [5, 5.41) is 19.8. The maximum absolute atomic E-state index is 10.3. The largest absolute Gasteiger partial charge is 0.389 e. The smallest absolute Gasteiger partial charge is 0.134 e. The van der Waals surface area contributed by atoms with Crippen LogP contribution in [0, 0.1) is 17.8 Å². The van der Waals surface area contributed by atoms with Gasteiger partial charge >= 0.3 is 0 Å². The van der Waals surface area contributed by atoms with Crippen LogP contribution < -0.4 is 0 Å². The molecule has 76 valence electrons. The molecule has 2 aliphatic rings. The lowest BCUT2D eigenvalue weighted by atomic mass is 9.68. The average Bonchev–Trinajstić information content (AvgIpc) is 2.42. The fourth-order valence-electron chi connectivity index (χ4n) is 2.75. The minimum Gasteiger partial charge on any atom is -0.389 e. The Morgan fingerprint density at radius 3 is 2.93 bits per heavy atom. The van der Waals surface area contributed by atoms with Crippen molar-refractivity contribution in [3.05, 3.63) is 11.6 Å². The molecule has 0 spiro atoms. The van der Waals surface area contributed by atoms with Crippen LogP contribution in [-0.4, -0.2) is 21.9 Å². The monoisotopic (exact) mass is 192 g/mol. The van der Waals surface area contributed by atoms with E-state index in [0.29, 0.717) is 12.8 Å². The Labute approximate surface area is 84.6 Å². The van der Waals surface area contributed by atoms with Crippen LogP contribution in [0.15, 0.2) is 11.6 Å². The Bertz CT molecular complexity index is 326. The van der Waals surface area contributed by atoms with Crippen LogP contribution in [0.4, 0.5) is 0 Å². The normalized spacial score (nSPS) is 46.7. The van der Waals surface area contributed by atoms with E-state index >= 15 is 0 Å². The first-order chi connectivity index (χ1) is 6.52. The zero-order chi connectivity index (χ0) is 10.4. The van der Waals surface area contributed by atoms with E-state index in [1.807, 2.05) is 13.0 Å². The number of hydrogen-bond acceptors (Lipinski definition) is 2. The van der Waals surface area contributed by atoms with Gasteiger partial charge in [-0.25, -0.2) is 0 Å². The molecule has 2 nitrogen and oxygen atoms in total. The molecule has 2 N–H and O–H groups in total. The summed E-state index contributed by atoms with van der Waals surface area (Å²) < 4.78 is 0. The van der Waals surface area contributed by atoms with E-state index in [9.17, 15) is 10.2 Å². The molecule has 3 atom stereocenters. The predicted molar refractivity (Wildman–Crippen MR) is 54.4 cm³/mol. The molecule has 0 aromatic rings. The van der Waals surface area contributed by atoms with Crippen molar-refractivity contribution < 1.29 is 10.2 Å². The molecule has 0 aliphatic heterocycles. The molecular weight excluding hydrogens is 176 g/mol. The molecular formula is C12H16O2. The lowest BCUT2D eigenvalue weighted by molar-refractivity contribution is 0.000140. The molecule has 1 saturated carbocycles. The molecule has 0 unspecified atom stereocenters. The van der Waals surface area contributed by atoms with Gasteiger partial charge < -0.3 is 10.2 Å². The van der Waals surface area contributed by atoms with Gasteiger partial charge in [-0.05, 0) is 25.7 Å². The van der Waals surface area contributed by atoms with Crippen molar-refractivity contribution in [3.63, 3.8) is 0 Å². The van der Waals surface area contributed by atoms with Gasteiger partial charge in [-0.3, -0.25) is 0 Å². The first kappa shape index (κ1) is 9.76. The van der Waals surface area contributed by atoms with E-state index in [2.05, 4.69) is 5.92 Å². The Balaban J connectivity index is 2.43. The molecule has 2 rings (SSSR count). The van der Waals surface area contributed by atoms with Crippen LogP contribution in [0.3, 0.4) is 0 Å². The Hall–Kier alpha value is -0.780. The molecule has 0 saturated heterocycles. The number of terminal acetylenes is 1. The quantitative estimate of drug-likeness (QED) is 0.447. The van der Waals surface area contributed by atoms with Gasteiger partial charge in [-0.15, -0.1) is 6.42 Å². The van der Waals surface area contributed by atoms with E-state index < -0.39 is 5.60 Å². The number of aliphatic hydroxyl groups excluding tert-OH is 1. The molecule has 0 heterocycles. The standard InChI is InChI=1S/C12H16O2/c1-3-12(14)7-4-9-8-10(13)5-6-11(9,12)2/h1,8,10,13-14H,4-7H2,2H3/t10-,11-,12-/m1/s1. The second kappa shape index (κ2) is 2.85. The molecule has 0 aromatic carbocycles. The lowest BCUT2D eigenvalue weighted by Gasteiger charge is -2.40. The Kier molecular flexibility index (Phi) is 1.99. The maximum atomic E-state index is 10.3. The van der Waals surface area contributed by atoms with E-state index in [1.165, 1.54) is 0 Å². The third-order valence-electron chi connectivity index (χ3n) is 3.95. The number of rotatable bonds is 0. The number of hydrogen-bond donors (Lipinski definition) is 2. The summed E-state index contributed by atoms with van der Waals surface area (Å²) in [5.74, 6) is 2.53. The second-order valence-electron chi connectivity index (χ2n) is 4.63. The van der Waals surface area contributed by atoms with Crippen LogP contribution in [-0.2, 0) is 0 Å². The van der Waals surface area contributed by atoms with E-state index in [1.54, 1.807) is 0 Å². The summed E-state index contributed by atoms with van der Waals surface area (Å²) in [7, 11) is 0. The fraction of sp³-hybridized carbons (Fsp3) is 0.667. The van der Waals surface area contributed by atoms with Crippen LogP contribution >= 0.6 is 0 Å². The third-order valence-corrected chi connectivity index (χ3v) is 3.95. The minimum atomic E-state index is -1.00. The van der Waals surface area contributed by atoms with E-state index in [4.69, 9.17) is 6.42 Å².